The number of nitrogens with one attached hydrogen (secondary N) is 3. The van der Waals surface area contributed by atoms with Crippen LogP contribution in [0.3, 0.4) is 0 Å². The number of aromatic nitrogens is 3. The third kappa shape index (κ3) is 2.13. The highest BCUT2D eigenvalue weighted by Gasteiger charge is 2.34. The lowest BCUT2D eigenvalue weighted by Gasteiger charge is -2.30. The van der Waals surface area contributed by atoms with E-state index >= 15 is 0 Å². The number of carbonyl (C=O) groups excluding carboxylic acids is 1. The molecule has 5 N–H and O–H groups in total. The van der Waals surface area contributed by atoms with E-state index in [0.717, 1.165) is 12.8 Å². The van der Waals surface area contributed by atoms with Gasteiger partial charge < -0.3 is 21.4 Å². The third-order valence-corrected chi connectivity index (χ3v) is 4.54. The van der Waals surface area contributed by atoms with Crippen molar-refractivity contribution in [3.8, 4) is 0 Å². The van der Waals surface area contributed by atoms with Crippen LogP contribution in [0.15, 0.2) is 12.5 Å². The smallest absolute Gasteiger partial charge is 0.252 e. The Bertz CT molecular complexity index is 684. The van der Waals surface area contributed by atoms with Crippen LogP contribution in [0.4, 0.5) is 5.69 Å². The van der Waals surface area contributed by atoms with Crippen molar-refractivity contribution in [2.45, 2.75) is 43.8 Å². The fourth-order valence-corrected chi connectivity index (χ4v) is 3.60. The number of rotatable bonds is 3. The molecule has 7 heteroatoms. The van der Waals surface area contributed by atoms with Crippen LogP contribution < -0.4 is 16.4 Å². The van der Waals surface area contributed by atoms with E-state index in [2.05, 4.69) is 25.6 Å². The summed E-state index contributed by atoms with van der Waals surface area (Å²) in [6.45, 7) is 0. The number of anilines is 1. The number of piperidine rings is 1. The first-order chi connectivity index (χ1) is 10.2. The zero-order chi connectivity index (χ0) is 14.4. The summed E-state index contributed by atoms with van der Waals surface area (Å²) < 4.78 is 0. The molecule has 0 spiro atoms. The maximum atomic E-state index is 11.7. The highest BCUT2D eigenvalue weighted by molar-refractivity contribution is 6.04. The molecule has 2 saturated heterocycles. The van der Waals surface area contributed by atoms with Gasteiger partial charge in [-0.05, 0) is 25.7 Å². The Morgan fingerprint density at radius 3 is 2.76 bits per heavy atom. The van der Waals surface area contributed by atoms with E-state index in [0.29, 0.717) is 40.5 Å². The van der Waals surface area contributed by atoms with E-state index in [-0.39, 0.29) is 0 Å². The lowest BCUT2D eigenvalue weighted by atomic mass is 9.99. The summed E-state index contributed by atoms with van der Waals surface area (Å²) in [6, 6.07) is 1.49. The Morgan fingerprint density at radius 1 is 1.29 bits per heavy atom. The zero-order valence-corrected chi connectivity index (χ0v) is 11.6. The van der Waals surface area contributed by atoms with E-state index in [1.807, 2.05) is 0 Å². The number of nitrogens with zero attached hydrogens (tertiary/aromatic N) is 2. The number of H-pyrrole nitrogens is 1. The standard InChI is InChI=1S/C14H18N6O/c15-13(21)10-5-16-14-12(17-6-18-14)11(10)20-9-3-7-1-2-8(4-9)19-7/h5-9,19H,1-4H2,(H2,15,21)(H2,16,17,18,20)/t7-,8+,9-. The van der Waals surface area contributed by atoms with Crippen LogP contribution in [0.25, 0.3) is 11.2 Å². The average molecular weight is 286 g/mol. The number of fused-ring (bicyclic) bond motifs is 3. The van der Waals surface area contributed by atoms with E-state index in [1.54, 1.807) is 6.33 Å². The molecule has 4 heterocycles. The molecule has 2 bridgehead atoms. The lowest BCUT2D eigenvalue weighted by Crippen LogP contribution is -2.43. The summed E-state index contributed by atoms with van der Waals surface area (Å²) in [7, 11) is 0. The van der Waals surface area contributed by atoms with Crippen LogP contribution in [-0.2, 0) is 0 Å². The van der Waals surface area contributed by atoms with E-state index in [9.17, 15) is 4.79 Å². The molecule has 1 amide bonds. The number of imidazole rings is 1. The van der Waals surface area contributed by atoms with Gasteiger partial charge in [-0.3, -0.25) is 4.79 Å². The zero-order valence-electron chi connectivity index (χ0n) is 11.6. The van der Waals surface area contributed by atoms with E-state index in [1.165, 1.54) is 19.0 Å². The first-order valence-corrected chi connectivity index (χ1v) is 7.35. The second-order valence-corrected chi connectivity index (χ2v) is 5.96. The maximum Gasteiger partial charge on any atom is 0.252 e. The summed E-state index contributed by atoms with van der Waals surface area (Å²) >= 11 is 0. The third-order valence-electron chi connectivity index (χ3n) is 4.54. The van der Waals surface area contributed by atoms with Gasteiger partial charge in [0.15, 0.2) is 5.65 Å². The molecule has 0 unspecified atom stereocenters. The predicted octanol–water partition coefficient (Wildman–Crippen LogP) is 0.752. The van der Waals surface area contributed by atoms with Gasteiger partial charge in [0.1, 0.15) is 5.52 Å². The highest BCUT2D eigenvalue weighted by Crippen LogP contribution is 2.31. The van der Waals surface area contributed by atoms with Crippen molar-refractivity contribution in [1.29, 1.82) is 0 Å². The minimum absolute atomic E-state index is 0.337. The predicted molar refractivity (Wildman–Crippen MR) is 79.0 cm³/mol. The summed E-state index contributed by atoms with van der Waals surface area (Å²) in [6.07, 6.45) is 7.69. The minimum atomic E-state index is -0.480. The Kier molecular flexibility index (Phi) is 2.81. The Hall–Kier alpha value is -2.15. The molecule has 7 nitrogen and oxygen atoms in total. The van der Waals surface area contributed by atoms with E-state index < -0.39 is 5.91 Å². The van der Waals surface area contributed by atoms with Gasteiger partial charge in [-0.2, -0.15) is 0 Å². The number of hydrogen-bond donors (Lipinski definition) is 4. The highest BCUT2D eigenvalue weighted by atomic mass is 16.1. The number of carbonyl (C=O) groups is 1. The van der Waals surface area contributed by atoms with Crippen molar-refractivity contribution in [3.63, 3.8) is 0 Å². The molecular weight excluding hydrogens is 268 g/mol. The maximum absolute atomic E-state index is 11.7. The average Bonchev–Trinajstić information content (AvgIpc) is 3.05. The Labute approximate surface area is 121 Å². The van der Waals surface area contributed by atoms with Crippen LogP contribution in [0, 0.1) is 0 Å². The monoisotopic (exact) mass is 286 g/mol. The molecule has 0 aromatic carbocycles. The van der Waals surface area contributed by atoms with Crippen molar-refractivity contribution in [2.75, 3.05) is 5.32 Å². The topological polar surface area (TPSA) is 109 Å². The van der Waals surface area contributed by atoms with Crippen LogP contribution in [-0.4, -0.2) is 39.0 Å². The Balaban J connectivity index is 1.69. The molecule has 0 radical (unpaired) electrons. The van der Waals surface area contributed by atoms with Crippen LogP contribution in [0.1, 0.15) is 36.0 Å². The van der Waals surface area contributed by atoms with Gasteiger partial charge in [-0.25, -0.2) is 9.97 Å². The molecule has 2 fully saturated rings. The largest absolute Gasteiger partial charge is 0.380 e. The number of pyridine rings is 1. The summed E-state index contributed by atoms with van der Waals surface area (Å²) in [5, 5.41) is 7.11. The number of primary amides is 1. The molecule has 4 rings (SSSR count). The van der Waals surface area contributed by atoms with Gasteiger partial charge in [-0.1, -0.05) is 0 Å². The van der Waals surface area contributed by atoms with Gasteiger partial charge in [0, 0.05) is 24.3 Å². The first-order valence-electron chi connectivity index (χ1n) is 7.35. The molecule has 2 aromatic rings. The molecule has 0 saturated carbocycles. The molecular formula is C14H18N6O. The van der Waals surface area contributed by atoms with Crippen molar-refractivity contribution in [3.05, 3.63) is 18.1 Å². The Morgan fingerprint density at radius 2 is 2.05 bits per heavy atom. The fraction of sp³-hybridized carbons (Fsp3) is 0.500. The second-order valence-electron chi connectivity index (χ2n) is 5.96. The molecule has 2 aliphatic rings. The summed E-state index contributed by atoms with van der Waals surface area (Å²) in [4.78, 5) is 23.1. The normalized spacial score (nSPS) is 27.9. The SMILES string of the molecule is NC(=O)c1cnc2[nH]cnc2c1N[C@@H]1C[C@H]2CC[C@@H](C1)N2. The van der Waals surface area contributed by atoms with Crippen LogP contribution >= 0.6 is 0 Å². The number of nitrogens with two attached hydrogens (primary N) is 1. The molecule has 2 aliphatic heterocycles. The minimum Gasteiger partial charge on any atom is -0.380 e. The van der Waals surface area contributed by atoms with Crippen molar-refractivity contribution < 1.29 is 4.79 Å². The summed E-state index contributed by atoms with van der Waals surface area (Å²) in [5.74, 6) is -0.480. The first kappa shape index (κ1) is 12.6. The summed E-state index contributed by atoms with van der Waals surface area (Å²) in [5.41, 5.74) is 7.93. The van der Waals surface area contributed by atoms with Crippen molar-refractivity contribution in [2.24, 2.45) is 5.73 Å². The van der Waals surface area contributed by atoms with Crippen LogP contribution in [0.2, 0.25) is 0 Å². The van der Waals surface area contributed by atoms with Crippen LogP contribution in [0.5, 0.6) is 0 Å². The van der Waals surface area contributed by atoms with Gasteiger partial charge in [-0.15, -0.1) is 0 Å². The quantitative estimate of drug-likeness (QED) is 0.666. The van der Waals surface area contributed by atoms with Gasteiger partial charge in [0.25, 0.3) is 5.91 Å². The molecule has 110 valence electrons. The number of amides is 1. The second kappa shape index (κ2) is 4.70. The van der Waals surface area contributed by atoms with Crippen molar-refractivity contribution >= 4 is 22.8 Å². The van der Waals surface area contributed by atoms with E-state index in [4.69, 9.17) is 5.73 Å². The number of aromatic amines is 1. The molecule has 0 aliphatic carbocycles. The van der Waals surface area contributed by atoms with Crippen molar-refractivity contribution in [1.82, 2.24) is 20.3 Å². The number of hydrogen-bond acceptors (Lipinski definition) is 5. The molecule has 2 aromatic heterocycles. The van der Waals surface area contributed by atoms with Gasteiger partial charge in [0.05, 0.1) is 17.6 Å². The lowest BCUT2D eigenvalue weighted by molar-refractivity contribution is 0.100. The molecule has 21 heavy (non-hydrogen) atoms. The fourth-order valence-electron chi connectivity index (χ4n) is 3.60. The van der Waals surface area contributed by atoms with Gasteiger partial charge >= 0.3 is 0 Å². The molecule has 3 atom stereocenters. The van der Waals surface area contributed by atoms with Gasteiger partial charge in [0.2, 0.25) is 0 Å².